The molecule has 0 saturated carbocycles. The average molecular weight is 933 g/mol. The Morgan fingerprint density at radius 1 is 0.833 bits per heavy atom. The standard InChI is InChI=1S/C16H30O3.C11H18N3O5.C5H10O.C4H7BNO.C3H9N.2C2H6.Y/c17-15-13-11-9-7-5-3-1-2-4-6-8-10-12-14-16(18)19;1-12-9(11(18)19)2-3-10(17)13-4-5-14(8-16)6-7-15;1-3-4-5(2)6;1-4(2,6)3(5)7;1-3(2)4;2*1-2;/h15H,1-14H2,(H,18,19);8-9,12H,2-6H2,1H3,(H,13,17)(H,18,19);3-4H2,1-2H3;6H,1-2H3;3H,4H2,1-2H3;2*1-2H3;/q;-1;;-1;;;;. The van der Waals surface area contributed by atoms with E-state index in [0.717, 1.165) is 44.8 Å². The number of carbonyl (C=O) groups is 7. The van der Waals surface area contributed by atoms with Crippen LogP contribution in [0.1, 0.15) is 185 Å². The van der Waals surface area contributed by atoms with Gasteiger partial charge in [-0.05, 0) is 45.7 Å². The van der Waals surface area contributed by atoms with E-state index < -0.39 is 29.2 Å². The van der Waals surface area contributed by atoms with Gasteiger partial charge < -0.3 is 56.4 Å². The van der Waals surface area contributed by atoms with Crippen molar-refractivity contribution in [1.82, 2.24) is 15.5 Å². The largest absolute Gasteiger partial charge is 0.667 e. The van der Waals surface area contributed by atoms with Gasteiger partial charge in [-0.15, -0.1) is 0 Å². The maximum absolute atomic E-state index is 11.4. The Labute approximate surface area is 391 Å². The van der Waals surface area contributed by atoms with E-state index in [-0.39, 0.29) is 76.9 Å². The molecule has 0 saturated heterocycles. The van der Waals surface area contributed by atoms with Gasteiger partial charge in [-0.2, -0.15) is 0 Å². The number of ketones is 1. The van der Waals surface area contributed by atoms with E-state index in [2.05, 4.69) is 10.6 Å². The molecule has 351 valence electrons. The Hall–Kier alpha value is -2.39. The van der Waals surface area contributed by atoms with E-state index >= 15 is 0 Å². The normalized spacial score (nSPS) is 9.90. The van der Waals surface area contributed by atoms with Gasteiger partial charge in [0.05, 0.1) is 5.68 Å². The number of nitrogens with zero attached hydrogens (tertiary/aromatic N) is 1. The second-order valence-corrected chi connectivity index (χ2v) is 13.8. The number of nitrogens with one attached hydrogen (secondary N) is 3. The topological polar surface area (TPSA) is 254 Å². The first-order chi connectivity index (χ1) is 27.8. The quantitative estimate of drug-likeness (QED) is 0.0217. The number of carboxylic acid groups (broad SMARTS) is 2. The molecule has 60 heavy (non-hydrogen) atoms. The van der Waals surface area contributed by atoms with Gasteiger partial charge in [0, 0.05) is 71.5 Å². The summed E-state index contributed by atoms with van der Waals surface area (Å²) in [7, 11) is 6.25. The van der Waals surface area contributed by atoms with Gasteiger partial charge in [0.2, 0.25) is 12.3 Å². The molecular weight excluding hydrogens is 846 g/mol. The number of aliphatic carboxylic acids is 2. The molecule has 1 unspecified atom stereocenters. The van der Waals surface area contributed by atoms with Crippen LogP contribution < -0.4 is 16.4 Å². The Bertz CT molecular complexity index is 1000. The zero-order valence-electron chi connectivity index (χ0n) is 39.5. The summed E-state index contributed by atoms with van der Waals surface area (Å²) in [5, 5.41) is 22.4. The number of hydrogen-bond acceptors (Lipinski definition) is 10. The molecule has 0 aromatic carbocycles. The van der Waals surface area contributed by atoms with Gasteiger partial charge in [0.25, 0.3) is 0 Å². The summed E-state index contributed by atoms with van der Waals surface area (Å²) < 4.78 is 0. The average Bonchev–Trinajstić information content (AvgIpc) is 3.16. The van der Waals surface area contributed by atoms with Crippen LogP contribution in [0.2, 0.25) is 0 Å². The number of carbonyl (C=O) groups excluding carboxylic acids is 6. The van der Waals surface area contributed by atoms with Crippen LogP contribution in [0.3, 0.4) is 0 Å². The number of carboxylic acids is 2. The van der Waals surface area contributed by atoms with E-state index in [1.807, 2.05) is 48.5 Å². The minimum atomic E-state index is -1.11. The van der Waals surface area contributed by atoms with Crippen molar-refractivity contribution in [3.05, 3.63) is 5.73 Å². The zero-order chi connectivity index (χ0) is 47.5. The van der Waals surface area contributed by atoms with Crippen molar-refractivity contribution in [3.63, 3.8) is 0 Å². The second kappa shape index (κ2) is 60.9. The summed E-state index contributed by atoms with van der Waals surface area (Å²) in [5.74, 6) is -1.70. The van der Waals surface area contributed by atoms with E-state index in [1.165, 1.54) is 83.6 Å². The maximum Gasteiger partial charge on any atom is 0.320 e. The minimum absolute atomic E-state index is 0. The van der Waals surface area contributed by atoms with E-state index in [4.69, 9.17) is 29.5 Å². The molecule has 0 rings (SSSR count). The molecule has 0 aliphatic carbocycles. The molecule has 0 aliphatic rings. The van der Waals surface area contributed by atoms with Crippen LogP contribution in [-0.2, 0) is 71.1 Å². The first-order valence-electron chi connectivity index (χ1n) is 21.4. The molecule has 17 heteroatoms. The number of aldehydes is 1. The zero-order valence-corrected chi connectivity index (χ0v) is 42.3. The molecule has 7 N–H and O–H groups in total. The SMILES string of the molecule is CC.CC.CC(C)N.CCCC(C)=O.CNC(CCC(=O)NCCN(C=O)C[C-]=O)C(=O)O.O=CCCCCCCCCCCCCCCC(=O)O.[B]C(=O)C(C)(C)[NH-].[Y]. The second-order valence-electron chi connectivity index (χ2n) is 13.8. The van der Waals surface area contributed by atoms with Crippen LogP contribution in [0, 0.1) is 0 Å². The number of hydrogen-bond donors (Lipinski definition) is 5. The first kappa shape index (κ1) is 75.0. The number of nitrogens with two attached hydrogens (primary N) is 1. The molecule has 15 nitrogen and oxygen atoms in total. The Kier molecular flexibility index (Phi) is 76.2. The Balaban J connectivity index is -0.000000102. The fourth-order valence-electron chi connectivity index (χ4n) is 3.97. The fraction of sp³-hybridized carbons (Fsp3) is 0.814. The van der Waals surface area contributed by atoms with Crippen LogP contribution in [0.5, 0.6) is 0 Å². The monoisotopic (exact) mass is 933 g/mol. The van der Waals surface area contributed by atoms with Crippen molar-refractivity contribution in [2.45, 2.75) is 202 Å². The van der Waals surface area contributed by atoms with E-state index in [9.17, 15) is 38.4 Å². The number of amides is 2. The summed E-state index contributed by atoms with van der Waals surface area (Å²) in [6, 6.07) is -0.429. The summed E-state index contributed by atoms with van der Waals surface area (Å²) in [5.41, 5.74) is 10.3. The molecule has 0 aromatic heterocycles. The molecule has 0 aromatic rings. The van der Waals surface area contributed by atoms with Crippen molar-refractivity contribution in [2.75, 3.05) is 26.7 Å². The molecule has 0 spiro atoms. The summed E-state index contributed by atoms with van der Waals surface area (Å²) >= 11 is 0. The van der Waals surface area contributed by atoms with Crippen molar-refractivity contribution >= 4 is 56.1 Å². The van der Waals surface area contributed by atoms with E-state index in [1.54, 1.807) is 13.2 Å². The molecule has 3 radical (unpaired) electrons. The number of unbranched alkanes of at least 4 members (excludes halogenated alkanes) is 12. The number of Topliss-reactive ketones (excluding diaryl/α,β-unsaturated/α-hetero) is 1. The third-order valence-electron chi connectivity index (χ3n) is 7.13. The molecular formula is C43H86BN5O10Y-2. The van der Waals surface area contributed by atoms with Crippen molar-refractivity contribution in [2.24, 2.45) is 5.73 Å². The minimum Gasteiger partial charge on any atom is -0.667 e. The smallest absolute Gasteiger partial charge is 0.320 e. The van der Waals surface area contributed by atoms with Crippen LogP contribution in [0.4, 0.5) is 0 Å². The van der Waals surface area contributed by atoms with Crippen molar-refractivity contribution in [1.29, 1.82) is 0 Å². The van der Waals surface area contributed by atoms with Gasteiger partial charge in [0.1, 0.15) is 18.1 Å². The van der Waals surface area contributed by atoms with Gasteiger partial charge in [-0.3, -0.25) is 19.2 Å². The number of rotatable bonds is 29. The van der Waals surface area contributed by atoms with Crippen molar-refractivity contribution in [3.8, 4) is 0 Å². The Morgan fingerprint density at radius 3 is 1.50 bits per heavy atom. The van der Waals surface area contributed by atoms with Crippen LogP contribution in [0.15, 0.2) is 0 Å². The Morgan fingerprint density at radius 2 is 1.23 bits per heavy atom. The van der Waals surface area contributed by atoms with Crippen LogP contribution in [0.25, 0.3) is 5.73 Å². The third-order valence-corrected chi connectivity index (χ3v) is 7.13. The van der Waals surface area contributed by atoms with Crippen LogP contribution >= 0.6 is 0 Å². The third kappa shape index (κ3) is 83.3. The van der Waals surface area contributed by atoms with Gasteiger partial charge in [-0.1, -0.05) is 139 Å². The van der Waals surface area contributed by atoms with Crippen molar-refractivity contribution < 1.29 is 81.3 Å². The van der Waals surface area contributed by atoms with Crippen LogP contribution in [-0.4, -0.2) is 116 Å². The summed E-state index contributed by atoms with van der Waals surface area (Å²) in [6.07, 6.45) is 20.5. The molecule has 0 heterocycles. The number of likely N-dealkylation sites (N-methyl/N-ethyl adjacent to an activating group) is 1. The molecule has 0 bridgehead atoms. The van der Waals surface area contributed by atoms with Gasteiger partial charge >= 0.3 is 11.9 Å². The maximum atomic E-state index is 11.4. The molecule has 0 fully saturated rings. The predicted octanol–water partition coefficient (Wildman–Crippen LogP) is 7.15. The first-order valence-corrected chi connectivity index (χ1v) is 21.4. The van der Waals surface area contributed by atoms with E-state index in [0.29, 0.717) is 18.9 Å². The van der Waals surface area contributed by atoms with Gasteiger partial charge in [-0.25, -0.2) is 6.29 Å². The van der Waals surface area contributed by atoms with Gasteiger partial charge in [0.15, 0.2) is 7.85 Å². The summed E-state index contributed by atoms with van der Waals surface area (Å²) in [4.78, 5) is 84.3. The fourth-order valence-corrected chi connectivity index (χ4v) is 3.97. The molecule has 0 aliphatic heterocycles. The molecule has 1 atom stereocenters. The predicted molar refractivity (Wildman–Crippen MR) is 241 cm³/mol. The molecule has 2 amide bonds. The summed E-state index contributed by atoms with van der Waals surface area (Å²) in [6.45, 7) is 18.7.